The number of aromatic nitrogens is 4. The fraction of sp³-hybridized carbons (Fsp3) is 0.250. The van der Waals surface area contributed by atoms with E-state index in [2.05, 4.69) is 25.7 Å². The monoisotopic (exact) mass is 308 g/mol. The van der Waals surface area contributed by atoms with Crippen molar-refractivity contribution in [3.8, 4) is 11.3 Å². The molecule has 1 fully saturated rings. The summed E-state index contributed by atoms with van der Waals surface area (Å²) in [5.41, 5.74) is 1.87. The van der Waals surface area contributed by atoms with Gasteiger partial charge in [0.2, 0.25) is 5.91 Å². The third-order valence-electron chi connectivity index (χ3n) is 3.94. The quantitative estimate of drug-likeness (QED) is 0.765. The number of benzene rings is 1. The normalized spacial score (nSPS) is 17.9. The van der Waals surface area contributed by atoms with Crippen molar-refractivity contribution >= 4 is 17.5 Å². The van der Waals surface area contributed by atoms with E-state index in [9.17, 15) is 4.79 Å². The molecule has 0 aliphatic carbocycles. The Labute approximate surface area is 132 Å². The first-order valence-electron chi connectivity index (χ1n) is 7.59. The first-order valence-corrected chi connectivity index (χ1v) is 7.59. The van der Waals surface area contributed by atoms with Gasteiger partial charge in [0.25, 0.3) is 5.78 Å². The predicted molar refractivity (Wildman–Crippen MR) is 85.9 cm³/mol. The first-order chi connectivity index (χ1) is 11.3. The Bertz CT molecular complexity index is 834. The van der Waals surface area contributed by atoms with Gasteiger partial charge >= 0.3 is 0 Å². The van der Waals surface area contributed by atoms with Crippen molar-refractivity contribution in [2.45, 2.75) is 18.9 Å². The standard InChI is InChI=1S/C16H16N6O/c23-15-7-6-12(9-17-15)20-14-8-13(11-4-2-1-3-5-11)21-16-18-10-19-22(14)16/h1-5,8,10,12,20H,6-7,9H2,(H,17,23). The van der Waals surface area contributed by atoms with Crippen LogP contribution in [0.3, 0.4) is 0 Å². The van der Waals surface area contributed by atoms with Gasteiger partial charge in [0.15, 0.2) is 0 Å². The molecule has 1 aliphatic rings. The molecule has 7 heteroatoms. The first kappa shape index (κ1) is 13.7. The number of nitrogens with one attached hydrogen (secondary N) is 2. The van der Waals surface area contributed by atoms with Crippen LogP contribution in [-0.2, 0) is 4.79 Å². The number of hydrogen-bond acceptors (Lipinski definition) is 5. The van der Waals surface area contributed by atoms with E-state index in [1.807, 2.05) is 36.4 Å². The molecular weight excluding hydrogens is 292 g/mol. The highest BCUT2D eigenvalue weighted by molar-refractivity contribution is 5.77. The predicted octanol–water partition coefficient (Wildman–Crippen LogP) is 1.48. The van der Waals surface area contributed by atoms with Gasteiger partial charge in [-0.25, -0.2) is 4.98 Å². The summed E-state index contributed by atoms with van der Waals surface area (Å²) < 4.78 is 1.68. The average Bonchev–Trinajstić information content (AvgIpc) is 3.06. The number of amides is 1. The van der Waals surface area contributed by atoms with Gasteiger partial charge in [0, 0.05) is 30.6 Å². The van der Waals surface area contributed by atoms with Gasteiger partial charge in [-0.2, -0.15) is 14.6 Å². The van der Waals surface area contributed by atoms with Gasteiger partial charge in [-0.3, -0.25) is 4.79 Å². The summed E-state index contributed by atoms with van der Waals surface area (Å²) in [6.45, 7) is 0.609. The van der Waals surface area contributed by atoms with Crippen LogP contribution in [0.4, 0.5) is 5.82 Å². The summed E-state index contributed by atoms with van der Waals surface area (Å²) in [6.07, 6.45) is 2.82. The lowest BCUT2D eigenvalue weighted by molar-refractivity contribution is -0.122. The Kier molecular flexibility index (Phi) is 3.38. The lowest BCUT2D eigenvalue weighted by Gasteiger charge is -2.24. The SMILES string of the molecule is O=C1CCC(Nc2cc(-c3ccccc3)nc3ncnn23)CN1. The number of fused-ring (bicyclic) bond motifs is 1. The zero-order valence-electron chi connectivity index (χ0n) is 12.4. The molecule has 1 aliphatic heterocycles. The smallest absolute Gasteiger partial charge is 0.254 e. The van der Waals surface area contributed by atoms with Gasteiger partial charge in [-0.15, -0.1) is 0 Å². The van der Waals surface area contributed by atoms with Crippen LogP contribution in [0.1, 0.15) is 12.8 Å². The summed E-state index contributed by atoms with van der Waals surface area (Å²) in [5.74, 6) is 1.48. The molecule has 1 atom stereocenters. The van der Waals surface area contributed by atoms with E-state index in [0.717, 1.165) is 23.5 Å². The lowest BCUT2D eigenvalue weighted by atomic mass is 10.1. The summed E-state index contributed by atoms with van der Waals surface area (Å²) in [5, 5.41) is 10.6. The van der Waals surface area contributed by atoms with Gasteiger partial charge in [-0.1, -0.05) is 30.3 Å². The van der Waals surface area contributed by atoms with Crippen molar-refractivity contribution in [1.29, 1.82) is 0 Å². The molecule has 116 valence electrons. The zero-order valence-corrected chi connectivity index (χ0v) is 12.4. The molecule has 0 radical (unpaired) electrons. The van der Waals surface area contributed by atoms with Crippen molar-refractivity contribution < 1.29 is 4.79 Å². The molecule has 23 heavy (non-hydrogen) atoms. The largest absolute Gasteiger partial charge is 0.365 e. The minimum absolute atomic E-state index is 0.105. The Morgan fingerprint density at radius 2 is 2.13 bits per heavy atom. The Balaban J connectivity index is 1.70. The van der Waals surface area contributed by atoms with Crippen LogP contribution >= 0.6 is 0 Å². The molecule has 0 saturated carbocycles. The van der Waals surface area contributed by atoms with Crippen LogP contribution in [0.25, 0.3) is 17.0 Å². The molecule has 3 aromatic rings. The van der Waals surface area contributed by atoms with Crippen LogP contribution < -0.4 is 10.6 Å². The fourth-order valence-corrected chi connectivity index (χ4v) is 2.74. The van der Waals surface area contributed by atoms with E-state index in [4.69, 9.17) is 0 Å². The number of piperidine rings is 1. The molecule has 1 unspecified atom stereocenters. The number of carbonyl (C=O) groups is 1. The lowest BCUT2D eigenvalue weighted by Crippen LogP contribution is -2.42. The third kappa shape index (κ3) is 2.73. The topological polar surface area (TPSA) is 84.2 Å². The van der Waals surface area contributed by atoms with Crippen molar-refractivity contribution in [1.82, 2.24) is 24.9 Å². The second kappa shape index (κ2) is 5.68. The maximum Gasteiger partial charge on any atom is 0.254 e. The van der Waals surface area contributed by atoms with E-state index >= 15 is 0 Å². The molecule has 1 saturated heterocycles. The number of carbonyl (C=O) groups excluding carboxylic acids is 1. The van der Waals surface area contributed by atoms with Crippen molar-refractivity contribution in [3.05, 3.63) is 42.7 Å². The number of hydrogen-bond donors (Lipinski definition) is 2. The van der Waals surface area contributed by atoms with E-state index in [1.54, 1.807) is 4.52 Å². The highest BCUT2D eigenvalue weighted by Crippen LogP contribution is 2.22. The number of rotatable bonds is 3. The maximum atomic E-state index is 11.3. The maximum absolute atomic E-state index is 11.3. The minimum atomic E-state index is 0.105. The molecule has 0 spiro atoms. The molecule has 1 amide bonds. The van der Waals surface area contributed by atoms with Crippen molar-refractivity contribution in [2.24, 2.45) is 0 Å². The Morgan fingerprint density at radius 1 is 1.26 bits per heavy atom. The van der Waals surface area contributed by atoms with Gasteiger partial charge in [0.1, 0.15) is 12.1 Å². The molecule has 1 aromatic carbocycles. The summed E-state index contributed by atoms with van der Waals surface area (Å²) in [7, 11) is 0. The van der Waals surface area contributed by atoms with Crippen LogP contribution in [0.5, 0.6) is 0 Å². The summed E-state index contributed by atoms with van der Waals surface area (Å²) >= 11 is 0. The minimum Gasteiger partial charge on any atom is -0.365 e. The molecular formula is C16H16N6O. The van der Waals surface area contributed by atoms with Crippen molar-refractivity contribution in [3.63, 3.8) is 0 Å². The number of nitrogens with zero attached hydrogens (tertiary/aromatic N) is 4. The third-order valence-corrected chi connectivity index (χ3v) is 3.94. The highest BCUT2D eigenvalue weighted by atomic mass is 16.1. The molecule has 3 heterocycles. The summed E-state index contributed by atoms with van der Waals surface area (Å²) in [4.78, 5) is 20.0. The molecule has 2 aromatic heterocycles. The Hall–Kier alpha value is -2.96. The van der Waals surface area contributed by atoms with E-state index in [0.29, 0.717) is 18.7 Å². The molecule has 7 nitrogen and oxygen atoms in total. The van der Waals surface area contributed by atoms with Crippen LogP contribution in [0.15, 0.2) is 42.7 Å². The van der Waals surface area contributed by atoms with E-state index in [-0.39, 0.29) is 11.9 Å². The second-order valence-corrected chi connectivity index (χ2v) is 5.55. The van der Waals surface area contributed by atoms with Gasteiger partial charge in [0.05, 0.1) is 5.69 Å². The number of anilines is 1. The summed E-state index contributed by atoms with van der Waals surface area (Å²) in [6, 6.07) is 12.1. The second-order valence-electron chi connectivity index (χ2n) is 5.55. The zero-order chi connectivity index (χ0) is 15.6. The molecule has 2 N–H and O–H groups in total. The van der Waals surface area contributed by atoms with Gasteiger partial charge in [-0.05, 0) is 6.42 Å². The van der Waals surface area contributed by atoms with Crippen LogP contribution in [0.2, 0.25) is 0 Å². The fourth-order valence-electron chi connectivity index (χ4n) is 2.74. The Morgan fingerprint density at radius 3 is 2.91 bits per heavy atom. The average molecular weight is 308 g/mol. The van der Waals surface area contributed by atoms with E-state index < -0.39 is 0 Å². The van der Waals surface area contributed by atoms with Gasteiger partial charge < -0.3 is 10.6 Å². The van der Waals surface area contributed by atoms with Crippen LogP contribution in [-0.4, -0.2) is 38.1 Å². The molecule has 4 rings (SSSR count). The molecule has 0 bridgehead atoms. The highest BCUT2D eigenvalue weighted by Gasteiger charge is 2.19. The van der Waals surface area contributed by atoms with E-state index in [1.165, 1.54) is 6.33 Å². The van der Waals surface area contributed by atoms with Crippen molar-refractivity contribution in [2.75, 3.05) is 11.9 Å². The van der Waals surface area contributed by atoms with Crippen LogP contribution in [0, 0.1) is 0 Å².